The molecule has 1 unspecified atom stereocenters. The summed E-state index contributed by atoms with van der Waals surface area (Å²) in [4.78, 5) is 14.4. The molecule has 1 heterocycles. The lowest BCUT2D eigenvalue weighted by molar-refractivity contribution is -0.136. The topological polar surface area (TPSA) is 32.3 Å². The molecule has 0 aromatic carbocycles. The van der Waals surface area contributed by atoms with Crippen LogP contribution in [0.4, 0.5) is 0 Å². The van der Waals surface area contributed by atoms with E-state index < -0.39 is 0 Å². The number of hydrogen-bond acceptors (Lipinski definition) is 2. The molecule has 17 heavy (non-hydrogen) atoms. The molecule has 1 amide bonds. The summed E-state index contributed by atoms with van der Waals surface area (Å²) < 4.78 is 0. The Hall–Kier alpha value is -0.280. The highest BCUT2D eigenvalue weighted by Gasteiger charge is 2.45. The summed E-state index contributed by atoms with van der Waals surface area (Å²) in [7, 11) is 2.04. The third-order valence-electron chi connectivity index (χ3n) is 4.41. The van der Waals surface area contributed by atoms with Crippen LogP contribution < -0.4 is 5.32 Å². The second-order valence-corrected chi connectivity index (χ2v) is 5.80. The summed E-state index contributed by atoms with van der Waals surface area (Å²) >= 11 is 0. The number of amides is 1. The summed E-state index contributed by atoms with van der Waals surface area (Å²) in [5.74, 6) is 2.31. The number of hydrogen-bond donors (Lipinski definition) is 1. The van der Waals surface area contributed by atoms with Crippen LogP contribution in [0.3, 0.4) is 0 Å². The Labute approximate surface area is 110 Å². The molecule has 3 aliphatic rings. The van der Waals surface area contributed by atoms with Gasteiger partial charge >= 0.3 is 0 Å². The molecule has 0 bridgehead atoms. The summed E-state index contributed by atoms with van der Waals surface area (Å²) in [6, 6.07) is 0.577. The van der Waals surface area contributed by atoms with Crippen molar-refractivity contribution in [3.05, 3.63) is 0 Å². The van der Waals surface area contributed by atoms with Crippen molar-refractivity contribution in [3.8, 4) is 0 Å². The monoisotopic (exact) mass is 258 g/mol. The Morgan fingerprint density at radius 1 is 1.18 bits per heavy atom. The first-order chi connectivity index (χ1) is 7.77. The number of carbonyl (C=O) groups is 1. The van der Waals surface area contributed by atoms with Gasteiger partial charge in [0.15, 0.2) is 0 Å². The quantitative estimate of drug-likeness (QED) is 0.832. The van der Waals surface area contributed by atoms with E-state index in [0.717, 1.165) is 31.3 Å². The van der Waals surface area contributed by atoms with Crippen LogP contribution in [-0.4, -0.2) is 37.0 Å². The Balaban J connectivity index is 0.00000108. The summed E-state index contributed by atoms with van der Waals surface area (Å²) in [6.45, 7) is 1.91. The fourth-order valence-corrected chi connectivity index (χ4v) is 3.19. The molecule has 0 aromatic rings. The zero-order valence-electron chi connectivity index (χ0n) is 10.5. The molecule has 0 radical (unpaired) electrons. The predicted octanol–water partition coefficient (Wildman–Crippen LogP) is 1.66. The molecule has 3 fully saturated rings. The maximum Gasteiger partial charge on any atom is 0.227 e. The molecule has 0 spiro atoms. The van der Waals surface area contributed by atoms with E-state index in [-0.39, 0.29) is 18.3 Å². The van der Waals surface area contributed by atoms with Crippen LogP contribution >= 0.6 is 12.4 Å². The minimum atomic E-state index is 0. The third-order valence-corrected chi connectivity index (χ3v) is 4.41. The molecule has 4 heteroatoms. The highest BCUT2D eigenvalue weighted by molar-refractivity contribution is 5.85. The van der Waals surface area contributed by atoms with E-state index >= 15 is 0 Å². The lowest BCUT2D eigenvalue weighted by atomic mass is 10.0. The molecule has 1 N–H and O–H groups in total. The van der Waals surface area contributed by atoms with Crippen molar-refractivity contribution in [1.29, 1.82) is 0 Å². The van der Waals surface area contributed by atoms with E-state index in [1.54, 1.807) is 0 Å². The molecular formula is C13H23ClN2O. The smallest absolute Gasteiger partial charge is 0.227 e. The summed E-state index contributed by atoms with van der Waals surface area (Å²) in [5, 5.41) is 3.29. The third kappa shape index (κ3) is 2.76. The van der Waals surface area contributed by atoms with Gasteiger partial charge in [-0.2, -0.15) is 0 Å². The van der Waals surface area contributed by atoms with E-state index in [1.165, 1.54) is 25.7 Å². The Kier molecular flexibility index (Phi) is 3.99. The van der Waals surface area contributed by atoms with Crippen molar-refractivity contribution >= 4 is 18.3 Å². The first-order valence-corrected chi connectivity index (χ1v) is 6.75. The number of nitrogens with one attached hydrogen (secondary N) is 1. The van der Waals surface area contributed by atoms with E-state index in [0.29, 0.717) is 11.9 Å². The molecule has 2 aliphatic carbocycles. The highest BCUT2D eigenvalue weighted by atomic mass is 35.5. The SMILES string of the molecule is CN(C(=O)C1CCNC1)C(C1CC1)C1CC1.Cl. The molecule has 1 saturated heterocycles. The lowest BCUT2D eigenvalue weighted by Gasteiger charge is -2.30. The molecule has 3 nitrogen and oxygen atoms in total. The van der Waals surface area contributed by atoms with Gasteiger partial charge in [-0.3, -0.25) is 4.79 Å². The molecule has 98 valence electrons. The summed E-state index contributed by atoms with van der Waals surface area (Å²) in [5.41, 5.74) is 0. The van der Waals surface area contributed by atoms with Crippen LogP contribution in [0.2, 0.25) is 0 Å². The predicted molar refractivity (Wildman–Crippen MR) is 70.2 cm³/mol. The van der Waals surface area contributed by atoms with Gasteiger partial charge in [0.05, 0.1) is 5.92 Å². The lowest BCUT2D eigenvalue weighted by Crippen LogP contribution is -2.43. The van der Waals surface area contributed by atoms with Crippen LogP contribution in [0.5, 0.6) is 0 Å². The number of carbonyl (C=O) groups excluding carboxylic acids is 1. The van der Waals surface area contributed by atoms with Gasteiger partial charge in [0.25, 0.3) is 0 Å². The average molecular weight is 259 g/mol. The van der Waals surface area contributed by atoms with Gasteiger partial charge in [-0.25, -0.2) is 0 Å². The van der Waals surface area contributed by atoms with E-state index in [1.807, 2.05) is 7.05 Å². The van der Waals surface area contributed by atoms with E-state index in [2.05, 4.69) is 10.2 Å². The van der Waals surface area contributed by atoms with E-state index in [4.69, 9.17) is 0 Å². The highest BCUT2D eigenvalue weighted by Crippen LogP contribution is 2.47. The number of rotatable bonds is 4. The molecular weight excluding hydrogens is 236 g/mol. The second kappa shape index (κ2) is 5.15. The zero-order chi connectivity index (χ0) is 11.1. The first-order valence-electron chi connectivity index (χ1n) is 6.75. The van der Waals surface area contributed by atoms with Gasteiger partial charge in [0.2, 0.25) is 5.91 Å². The Bertz CT molecular complexity index is 271. The van der Waals surface area contributed by atoms with Gasteiger partial charge in [-0.05, 0) is 50.5 Å². The normalized spacial score (nSPS) is 28.0. The fraction of sp³-hybridized carbons (Fsp3) is 0.923. The van der Waals surface area contributed by atoms with Crippen molar-refractivity contribution in [1.82, 2.24) is 10.2 Å². The fourth-order valence-electron chi connectivity index (χ4n) is 3.19. The maximum atomic E-state index is 12.3. The molecule has 1 aliphatic heterocycles. The van der Waals surface area contributed by atoms with Gasteiger partial charge in [-0.1, -0.05) is 0 Å². The minimum Gasteiger partial charge on any atom is -0.342 e. The van der Waals surface area contributed by atoms with E-state index in [9.17, 15) is 4.79 Å². The number of nitrogens with zero attached hydrogens (tertiary/aromatic N) is 1. The zero-order valence-corrected chi connectivity index (χ0v) is 11.3. The van der Waals surface area contributed by atoms with Crippen molar-refractivity contribution in [3.63, 3.8) is 0 Å². The van der Waals surface area contributed by atoms with Crippen molar-refractivity contribution in [2.24, 2.45) is 17.8 Å². The molecule has 3 rings (SSSR count). The van der Waals surface area contributed by atoms with Gasteiger partial charge in [0.1, 0.15) is 0 Å². The van der Waals surface area contributed by atoms with Crippen LogP contribution in [-0.2, 0) is 4.79 Å². The minimum absolute atomic E-state index is 0. The first kappa shape index (κ1) is 13.2. The van der Waals surface area contributed by atoms with Crippen LogP contribution in [0, 0.1) is 17.8 Å². The van der Waals surface area contributed by atoms with Gasteiger partial charge < -0.3 is 10.2 Å². The van der Waals surface area contributed by atoms with Crippen LogP contribution in [0.25, 0.3) is 0 Å². The molecule has 1 atom stereocenters. The Morgan fingerprint density at radius 2 is 1.76 bits per heavy atom. The van der Waals surface area contributed by atoms with Crippen molar-refractivity contribution in [2.45, 2.75) is 38.1 Å². The maximum absolute atomic E-state index is 12.3. The average Bonchev–Trinajstić information content (AvgIpc) is 3.21. The van der Waals surface area contributed by atoms with Crippen molar-refractivity contribution in [2.75, 3.05) is 20.1 Å². The summed E-state index contributed by atoms with van der Waals surface area (Å²) in [6.07, 6.45) is 6.43. The van der Waals surface area contributed by atoms with Crippen LogP contribution in [0.1, 0.15) is 32.1 Å². The van der Waals surface area contributed by atoms with Gasteiger partial charge in [0, 0.05) is 19.6 Å². The Morgan fingerprint density at radius 3 is 2.18 bits per heavy atom. The largest absolute Gasteiger partial charge is 0.342 e. The second-order valence-electron chi connectivity index (χ2n) is 5.80. The number of halogens is 1. The molecule has 2 saturated carbocycles. The van der Waals surface area contributed by atoms with Crippen LogP contribution in [0.15, 0.2) is 0 Å². The van der Waals surface area contributed by atoms with Crippen molar-refractivity contribution < 1.29 is 4.79 Å². The van der Waals surface area contributed by atoms with Gasteiger partial charge in [-0.15, -0.1) is 12.4 Å². The standard InChI is InChI=1S/C13H22N2O.ClH/c1-15(13(16)11-6-7-14-8-11)12(9-2-3-9)10-4-5-10;/h9-12,14H,2-8H2,1H3;1H. The molecule has 0 aromatic heterocycles.